The lowest BCUT2D eigenvalue weighted by Gasteiger charge is -2.19. The molecule has 1 N–H and O–H groups in total. The fraction of sp³-hybridized carbons (Fsp3) is 0.571. The molecule has 0 saturated carbocycles. The van der Waals surface area contributed by atoms with Gasteiger partial charge in [0.2, 0.25) is 0 Å². The molecular weight excluding hydrogens is 258 g/mol. The molecule has 1 aliphatic rings. The van der Waals surface area contributed by atoms with Crippen molar-refractivity contribution in [2.45, 2.75) is 13.3 Å². The standard InChI is InChI=1S/C14H21N3O3/c1-3-15-12-6-13(8-14(7-12)17(18)19)16-5-4-11(9-16)10-20-2/h6-8,11,15H,3-5,9-10H2,1-2H3. The second-order valence-electron chi connectivity index (χ2n) is 5.08. The molecule has 2 rings (SSSR count). The quantitative estimate of drug-likeness (QED) is 0.640. The maximum Gasteiger partial charge on any atom is 0.273 e. The molecule has 1 unspecified atom stereocenters. The highest BCUT2D eigenvalue weighted by atomic mass is 16.6. The van der Waals surface area contributed by atoms with Crippen LogP contribution >= 0.6 is 0 Å². The predicted molar refractivity (Wildman–Crippen MR) is 79.5 cm³/mol. The van der Waals surface area contributed by atoms with Crippen LogP contribution in [0.25, 0.3) is 0 Å². The van der Waals surface area contributed by atoms with Gasteiger partial charge in [-0.1, -0.05) is 0 Å². The molecule has 6 nitrogen and oxygen atoms in total. The van der Waals surface area contributed by atoms with Crippen LogP contribution in [0.3, 0.4) is 0 Å². The SMILES string of the molecule is CCNc1cc(N2CCC(COC)C2)cc([N+](=O)[O-])c1. The van der Waals surface area contributed by atoms with E-state index in [0.29, 0.717) is 5.92 Å². The number of nitro benzene ring substituents is 1. The number of nitrogens with zero attached hydrogens (tertiary/aromatic N) is 2. The molecule has 1 heterocycles. The van der Waals surface area contributed by atoms with Crippen LogP contribution in [0, 0.1) is 16.0 Å². The van der Waals surface area contributed by atoms with Gasteiger partial charge in [0.15, 0.2) is 0 Å². The smallest absolute Gasteiger partial charge is 0.273 e. The lowest BCUT2D eigenvalue weighted by atomic mass is 10.1. The minimum absolute atomic E-state index is 0.133. The van der Waals surface area contributed by atoms with E-state index in [0.717, 1.165) is 44.0 Å². The zero-order chi connectivity index (χ0) is 14.5. The molecule has 0 spiro atoms. The number of hydrogen-bond acceptors (Lipinski definition) is 5. The first-order valence-corrected chi connectivity index (χ1v) is 6.91. The van der Waals surface area contributed by atoms with Crippen molar-refractivity contribution in [2.24, 2.45) is 5.92 Å². The van der Waals surface area contributed by atoms with Crippen molar-refractivity contribution >= 4 is 17.1 Å². The highest BCUT2D eigenvalue weighted by Gasteiger charge is 2.24. The van der Waals surface area contributed by atoms with Crippen molar-refractivity contribution in [3.63, 3.8) is 0 Å². The molecule has 1 aromatic rings. The third kappa shape index (κ3) is 3.39. The van der Waals surface area contributed by atoms with Gasteiger partial charge in [-0.2, -0.15) is 0 Å². The van der Waals surface area contributed by atoms with Crippen molar-refractivity contribution in [3.8, 4) is 0 Å². The van der Waals surface area contributed by atoms with Crippen LogP contribution in [-0.4, -0.2) is 38.3 Å². The van der Waals surface area contributed by atoms with Gasteiger partial charge in [-0.25, -0.2) is 0 Å². The Hall–Kier alpha value is -1.82. The van der Waals surface area contributed by atoms with Gasteiger partial charge in [0.1, 0.15) is 0 Å². The molecule has 0 bridgehead atoms. The van der Waals surface area contributed by atoms with Crippen molar-refractivity contribution < 1.29 is 9.66 Å². The van der Waals surface area contributed by atoms with E-state index < -0.39 is 0 Å². The Labute approximate surface area is 118 Å². The van der Waals surface area contributed by atoms with E-state index >= 15 is 0 Å². The van der Waals surface area contributed by atoms with E-state index in [-0.39, 0.29) is 10.6 Å². The molecule has 1 fully saturated rings. The molecule has 1 aromatic carbocycles. The van der Waals surface area contributed by atoms with Crippen molar-refractivity contribution in [1.82, 2.24) is 0 Å². The van der Waals surface area contributed by atoms with E-state index in [2.05, 4.69) is 10.2 Å². The first-order chi connectivity index (χ1) is 9.63. The van der Waals surface area contributed by atoms with E-state index in [1.165, 1.54) is 0 Å². The number of ether oxygens (including phenoxy) is 1. The number of rotatable bonds is 6. The second-order valence-corrected chi connectivity index (χ2v) is 5.08. The zero-order valence-corrected chi connectivity index (χ0v) is 12.0. The van der Waals surface area contributed by atoms with Crippen LogP contribution < -0.4 is 10.2 Å². The molecule has 0 amide bonds. The van der Waals surface area contributed by atoms with E-state index in [1.54, 1.807) is 19.2 Å². The highest BCUT2D eigenvalue weighted by Crippen LogP contribution is 2.30. The molecule has 0 aliphatic carbocycles. The van der Waals surface area contributed by atoms with Gasteiger partial charge in [0.05, 0.1) is 11.5 Å². The third-order valence-corrected chi connectivity index (χ3v) is 3.55. The Balaban J connectivity index is 2.20. The molecule has 6 heteroatoms. The van der Waals surface area contributed by atoms with Crippen molar-refractivity contribution in [2.75, 3.05) is 43.6 Å². The Morgan fingerprint density at radius 2 is 2.30 bits per heavy atom. The monoisotopic (exact) mass is 279 g/mol. The minimum atomic E-state index is -0.340. The van der Waals surface area contributed by atoms with Crippen LogP contribution in [0.15, 0.2) is 18.2 Å². The summed E-state index contributed by atoms with van der Waals surface area (Å²) in [6, 6.07) is 5.21. The maximum atomic E-state index is 11.0. The summed E-state index contributed by atoms with van der Waals surface area (Å²) >= 11 is 0. The molecule has 1 aliphatic heterocycles. The molecule has 0 radical (unpaired) electrons. The molecule has 1 saturated heterocycles. The minimum Gasteiger partial charge on any atom is -0.385 e. The van der Waals surface area contributed by atoms with E-state index in [9.17, 15) is 10.1 Å². The highest BCUT2D eigenvalue weighted by molar-refractivity contribution is 5.64. The summed E-state index contributed by atoms with van der Waals surface area (Å²) in [6.07, 6.45) is 1.06. The summed E-state index contributed by atoms with van der Waals surface area (Å²) in [5, 5.41) is 14.2. The fourth-order valence-corrected chi connectivity index (χ4v) is 2.63. The van der Waals surface area contributed by atoms with Crippen LogP contribution in [-0.2, 0) is 4.74 Å². The molecule has 0 aromatic heterocycles. The predicted octanol–water partition coefficient (Wildman–Crippen LogP) is 2.50. The summed E-state index contributed by atoms with van der Waals surface area (Å²) < 4.78 is 5.19. The fourth-order valence-electron chi connectivity index (χ4n) is 2.63. The summed E-state index contributed by atoms with van der Waals surface area (Å²) in [5.74, 6) is 0.502. The number of nitro groups is 1. The largest absolute Gasteiger partial charge is 0.385 e. The van der Waals surface area contributed by atoms with Crippen LogP contribution in [0.5, 0.6) is 0 Å². The van der Waals surface area contributed by atoms with E-state index in [1.807, 2.05) is 13.0 Å². The Morgan fingerprint density at radius 1 is 1.50 bits per heavy atom. The molecule has 110 valence electrons. The van der Waals surface area contributed by atoms with Crippen molar-refractivity contribution in [3.05, 3.63) is 28.3 Å². The maximum absolute atomic E-state index is 11.0. The van der Waals surface area contributed by atoms with Gasteiger partial charge >= 0.3 is 0 Å². The van der Waals surface area contributed by atoms with Gasteiger partial charge in [-0.05, 0) is 19.4 Å². The van der Waals surface area contributed by atoms with Gasteiger partial charge < -0.3 is 15.0 Å². The summed E-state index contributed by atoms with van der Waals surface area (Å²) in [6.45, 7) is 5.27. The number of non-ortho nitro benzene ring substituents is 1. The van der Waals surface area contributed by atoms with Gasteiger partial charge in [-0.15, -0.1) is 0 Å². The normalized spacial score (nSPS) is 18.3. The number of methoxy groups -OCH3 is 1. The Kier molecular flexibility index (Phi) is 4.79. The number of nitrogens with one attached hydrogen (secondary N) is 1. The van der Waals surface area contributed by atoms with E-state index in [4.69, 9.17) is 4.74 Å². The average molecular weight is 279 g/mol. The third-order valence-electron chi connectivity index (χ3n) is 3.55. The lowest BCUT2D eigenvalue weighted by molar-refractivity contribution is -0.384. The molecule has 20 heavy (non-hydrogen) atoms. The first kappa shape index (κ1) is 14.6. The Bertz CT molecular complexity index is 479. The lowest BCUT2D eigenvalue weighted by Crippen LogP contribution is -2.21. The van der Waals surface area contributed by atoms with Crippen LogP contribution in [0.2, 0.25) is 0 Å². The van der Waals surface area contributed by atoms with Gasteiger partial charge in [0.25, 0.3) is 5.69 Å². The van der Waals surface area contributed by atoms with Gasteiger partial charge in [-0.3, -0.25) is 10.1 Å². The number of benzene rings is 1. The zero-order valence-electron chi connectivity index (χ0n) is 12.0. The summed E-state index contributed by atoms with van der Waals surface area (Å²) in [5.41, 5.74) is 1.84. The second kappa shape index (κ2) is 6.56. The Morgan fingerprint density at radius 3 is 2.95 bits per heavy atom. The summed E-state index contributed by atoms with van der Waals surface area (Å²) in [4.78, 5) is 12.9. The van der Waals surface area contributed by atoms with Gasteiger partial charge in [0, 0.05) is 56.2 Å². The summed E-state index contributed by atoms with van der Waals surface area (Å²) in [7, 11) is 1.71. The number of anilines is 2. The first-order valence-electron chi connectivity index (χ1n) is 6.91. The topological polar surface area (TPSA) is 67.6 Å². The van der Waals surface area contributed by atoms with Crippen LogP contribution in [0.1, 0.15) is 13.3 Å². The van der Waals surface area contributed by atoms with Crippen molar-refractivity contribution in [1.29, 1.82) is 0 Å². The molecular formula is C14H21N3O3. The molecule has 1 atom stereocenters. The number of hydrogen-bond donors (Lipinski definition) is 1. The van der Waals surface area contributed by atoms with Crippen LogP contribution in [0.4, 0.5) is 17.1 Å². The average Bonchev–Trinajstić information content (AvgIpc) is 2.88.